The molecule has 1 aliphatic heterocycles. The monoisotopic (exact) mass is 467 g/mol. The van der Waals surface area contributed by atoms with Crippen molar-refractivity contribution in [3.05, 3.63) is 52.9 Å². The second kappa shape index (κ2) is 7.12. The predicted octanol–water partition coefficient (Wildman–Crippen LogP) is 6.45. The Bertz CT molecular complexity index is 1120. The molecule has 3 aromatic rings. The van der Waals surface area contributed by atoms with Crippen molar-refractivity contribution < 1.29 is 9.53 Å². The number of nitrogens with zero attached hydrogens (tertiary/aromatic N) is 2. The van der Waals surface area contributed by atoms with E-state index >= 15 is 0 Å². The van der Waals surface area contributed by atoms with Crippen LogP contribution in [0.5, 0.6) is 0 Å². The third-order valence-electron chi connectivity index (χ3n) is 6.18. The van der Waals surface area contributed by atoms with Crippen LogP contribution in [0.25, 0.3) is 22.0 Å². The Morgan fingerprint density at radius 2 is 1.93 bits per heavy atom. The Hall–Kier alpha value is -2.34. The number of imidazole rings is 1. The molecule has 2 unspecified atom stereocenters. The molecule has 1 aromatic heterocycles. The quantitative estimate of drug-likeness (QED) is 0.470. The summed E-state index contributed by atoms with van der Waals surface area (Å²) in [7, 11) is 0. The predicted molar refractivity (Wildman–Crippen MR) is 121 cm³/mol. The number of likely N-dealkylation sites (tertiary alicyclic amines) is 1. The molecule has 1 aliphatic carbocycles. The zero-order valence-corrected chi connectivity index (χ0v) is 19.1. The van der Waals surface area contributed by atoms with Crippen LogP contribution in [0.1, 0.15) is 51.9 Å². The number of halogens is 1. The molecule has 0 spiro atoms. The van der Waals surface area contributed by atoms with E-state index in [0.29, 0.717) is 5.92 Å². The number of ether oxygens (including phenoxy) is 1. The summed E-state index contributed by atoms with van der Waals surface area (Å²) in [6.45, 7) is 5.74. The van der Waals surface area contributed by atoms with Gasteiger partial charge in [0.1, 0.15) is 11.4 Å². The van der Waals surface area contributed by atoms with Crippen molar-refractivity contribution in [2.24, 2.45) is 5.92 Å². The number of amides is 1. The maximum Gasteiger partial charge on any atom is 0.411 e. The number of carbonyl (C=O) groups is 1. The molecule has 1 saturated heterocycles. The molecular formula is C24H26BrN3O2. The molecule has 2 bridgehead atoms. The normalized spacial score (nSPS) is 23.3. The van der Waals surface area contributed by atoms with Gasteiger partial charge >= 0.3 is 6.09 Å². The minimum absolute atomic E-state index is 0.0382. The van der Waals surface area contributed by atoms with Gasteiger partial charge in [-0.25, -0.2) is 9.78 Å². The molecule has 2 heterocycles. The largest absolute Gasteiger partial charge is 0.444 e. The van der Waals surface area contributed by atoms with Gasteiger partial charge in [0.15, 0.2) is 0 Å². The number of hydrogen-bond acceptors (Lipinski definition) is 3. The van der Waals surface area contributed by atoms with Gasteiger partial charge in [-0.1, -0.05) is 34.1 Å². The summed E-state index contributed by atoms with van der Waals surface area (Å²) in [6.07, 6.45) is 4.87. The van der Waals surface area contributed by atoms with Crippen LogP contribution in [0.3, 0.4) is 0 Å². The number of H-pyrrole nitrogens is 1. The van der Waals surface area contributed by atoms with Gasteiger partial charge in [0.05, 0.1) is 17.9 Å². The van der Waals surface area contributed by atoms with Gasteiger partial charge in [0.25, 0.3) is 0 Å². The van der Waals surface area contributed by atoms with Crippen LogP contribution >= 0.6 is 15.9 Å². The van der Waals surface area contributed by atoms with Gasteiger partial charge in [-0.15, -0.1) is 0 Å². The average molecular weight is 468 g/mol. The molecule has 156 valence electrons. The molecule has 1 saturated carbocycles. The van der Waals surface area contributed by atoms with Crippen LogP contribution in [0.4, 0.5) is 4.79 Å². The number of nitrogens with one attached hydrogen (secondary N) is 1. The van der Waals surface area contributed by atoms with Gasteiger partial charge in [-0.2, -0.15) is 0 Å². The minimum Gasteiger partial charge on any atom is -0.444 e. The van der Waals surface area contributed by atoms with E-state index in [9.17, 15) is 4.79 Å². The van der Waals surface area contributed by atoms with E-state index in [4.69, 9.17) is 9.72 Å². The summed E-state index contributed by atoms with van der Waals surface area (Å²) in [5.41, 5.74) is 1.56. The van der Waals surface area contributed by atoms with Crippen LogP contribution in [0.2, 0.25) is 0 Å². The Labute approximate surface area is 185 Å². The first-order chi connectivity index (χ1) is 14.3. The maximum atomic E-state index is 12.9. The average Bonchev–Trinajstić information content (AvgIpc) is 3.41. The lowest BCUT2D eigenvalue weighted by Gasteiger charge is -2.35. The number of aromatic amines is 1. The highest BCUT2D eigenvalue weighted by atomic mass is 79.9. The first-order valence-electron chi connectivity index (χ1n) is 10.5. The lowest BCUT2D eigenvalue weighted by molar-refractivity contribution is 0.00620. The van der Waals surface area contributed by atoms with Crippen molar-refractivity contribution in [1.82, 2.24) is 14.9 Å². The maximum absolute atomic E-state index is 12.9. The second-order valence-electron chi connectivity index (χ2n) is 9.45. The zero-order valence-electron chi connectivity index (χ0n) is 17.5. The van der Waals surface area contributed by atoms with E-state index in [2.05, 4.69) is 57.3 Å². The third-order valence-corrected chi connectivity index (χ3v) is 6.67. The van der Waals surface area contributed by atoms with Gasteiger partial charge in [-0.05, 0) is 74.9 Å². The summed E-state index contributed by atoms with van der Waals surface area (Å²) in [4.78, 5) is 23.1. The first-order valence-corrected chi connectivity index (χ1v) is 11.3. The summed E-state index contributed by atoms with van der Waals surface area (Å²) in [6, 6.07) is 12.9. The fourth-order valence-corrected chi connectivity index (χ4v) is 5.31. The molecule has 1 amide bonds. The molecule has 3 atom stereocenters. The van der Waals surface area contributed by atoms with E-state index in [-0.39, 0.29) is 18.2 Å². The fourth-order valence-electron chi connectivity index (χ4n) is 4.94. The third kappa shape index (κ3) is 3.51. The highest BCUT2D eigenvalue weighted by Crippen LogP contribution is 2.50. The Balaban J connectivity index is 1.45. The Kier molecular flexibility index (Phi) is 4.65. The minimum atomic E-state index is -0.502. The number of rotatable bonds is 2. The first kappa shape index (κ1) is 19.6. The lowest BCUT2D eigenvalue weighted by Crippen LogP contribution is -2.43. The van der Waals surface area contributed by atoms with Crippen molar-refractivity contribution in [3.63, 3.8) is 0 Å². The number of hydrogen-bond donors (Lipinski definition) is 1. The van der Waals surface area contributed by atoms with Crippen molar-refractivity contribution in [2.75, 3.05) is 0 Å². The fraction of sp³-hybridized carbons (Fsp3) is 0.417. The highest BCUT2D eigenvalue weighted by Gasteiger charge is 2.51. The number of carbonyl (C=O) groups excluding carboxylic acids is 1. The van der Waals surface area contributed by atoms with Crippen LogP contribution in [-0.4, -0.2) is 32.6 Å². The molecule has 6 heteroatoms. The van der Waals surface area contributed by atoms with Gasteiger partial charge in [0.2, 0.25) is 0 Å². The zero-order chi connectivity index (χ0) is 21.0. The molecule has 5 nitrogen and oxygen atoms in total. The van der Waals surface area contributed by atoms with Gasteiger partial charge in [-0.3, -0.25) is 4.90 Å². The molecule has 2 aliphatic rings. The number of fused-ring (bicyclic) bond motifs is 3. The SMILES string of the molecule is CC(C)(C)OC(=O)N1C(c2ncc(-c3ccc4cc(Br)ccc4c3)[nH]2)C2CC[C@@H]1C2. The highest BCUT2D eigenvalue weighted by molar-refractivity contribution is 9.10. The van der Waals surface area contributed by atoms with E-state index < -0.39 is 5.60 Å². The molecule has 30 heavy (non-hydrogen) atoms. The number of aromatic nitrogens is 2. The molecule has 0 radical (unpaired) electrons. The Morgan fingerprint density at radius 3 is 2.73 bits per heavy atom. The molecule has 1 N–H and O–H groups in total. The topological polar surface area (TPSA) is 58.2 Å². The molecule has 2 aromatic carbocycles. The number of piperidine rings is 1. The second-order valence-corrected chi connectivity index (χ2v) is 10.4. The van der Waals surface area contributed by atoms with Crippen molar-refractivity contribution in [1.29, 1.82) is 0 Å². The van der Waals surface area contributed by atoms with Crippen LogP contribution in [0.15, 0.2) is 47.1 Å². The Morgan fingerprint density at radius 1 is 1.17 bits per heavy atom. The summed E-state index contributed by atoms with van der Waals surface area (Å²) >= 11 is 3.53. The van der Waals surface area contributed by atoms with Crippen molar-refractivity contribution in [2.45, 2.75) is 57.7 Å². The summed E-state index contributed by atoms with van der Waals surface area (Å²) in [5.74, 6) is 1.30. The van der Waals surface area contributed by atoms with E-state index in [0.717, 1.165) is 40.8 Å². The standard InChI is InChI=1S/C24H26BrN3O2/c1-24(2,3)30-23(29)28-19-9-7-17(12-19)21(28)22-26-13-20(27-22)16-5-4-15-11-18(25)8-6-14(15)10-16/h4-6,8,10-11,13,17,19,21H,7,9,12H2,1-3H3,(H,26,27)/t17?,19-,21?/m1/s1. The smallest absolute Gasteiger partial charge is 0.411 e. The summed E-state index contributed by atoms with van der Waals surface area (Å²) < 4.78 is 6.79. The van der Waals surface area contributed by atoms with E-state index in [1.807, 2.05) is 31.9 Å². The number of benzene rings is 2. The van der Waals surface area contributed by atoms with Gasteiger partial charge in [0, 0.05) is 16.1 Å². The lowest BCUT2D eigenvalue weighted by atomic mass is 9.98. The van der Waals surface area contributed by atoms with Crippen LogP contribution in [0, 0.1) is 5.92 Å². The molecule has 5 rings (SSSR count). The molecular weight excluding hydrogens is 442 g/mol. The molecule has 2 fully saturated rings. The summed E-state index contributed by atoms with van der Waals surface area (Å²) in [5, 5.41) is 2.37. The van der Waals surface area contributed by atoms with Crippen LogP contribution < -0.4 is 0 Å². The van der Waals surface area contributed by atoms with Crippen molar-refractivity contribution in [3.8, 4) is 11.3 Å². The van der Waals surface area contributed by atoms with E-state index in [1.165, 1.54) is 10.8 Å². The van der Waals surface area contributed by atoms with Gasteiger partial charge < -0.3 is 9.72 Å². The van der Waals surface area contributed by atoms with Crippen molar-refractivity contribution >= 4 is 32.8 Å². The van der Waals surface area contributed by atoms with E-state index in [1.54, 1.807) is 0 Å². The van der Waals surface area contributed by atoms with Crippen LogP contribution in [-0.2, 0) is 4.74 Å².